The van der Waals surface area contributed by atoms with Crippen LogP contribution in [0.4, 0.5) is 0 Å². The molecule has 0 bridgehead atoms. The molecular weight excluding hydrogens is 302 g/mol. The zero-order chi connectivity index (χ0) is 17.5. The van der Waals surface area contributed by atoms with Gasteiger partial charge in [0.15, 0.2) is 6.04 Å². The second kappa shape index (κ2) is 8.29. The monoisotopic (exact) mass is 325 g/mol. The Bertz CT molecular complexity index is 710. The number of ether oxygens (including phenoxy) is 1. The minimum Gasteiger partial charge on any atom is -0.467 e. The Morgan fingerprint density at radius 2 is 1.79 bits per heavy atom. The molecule has 0 aliphatic heterocycles. The molecule has 0 aromatic heterocycles. The van der Waals surface area contributed by atoms with Gasteiger partial charge in [0.25, 0.3) is 0 Å². The molecule has 1 amide bonds. The fourth-order valence-corrected chi connectivity index (χ4v) is 2.65. The van der Waals surface area contributed by atoms with E-state index in [9.17, 15) is 9.59 Å². The van der Waals surface area contributed by atoms with Crippen molar-refractivity contribution < 1.29 is 14.3 Å². The maximum absolute atomic E-state index is 12.3. The van der Waals surface area contributed by atoms with Crippen molar-refractivity contribution >= 4 is 11.9 Å². The van der Waals surface area contributed by atoms with Crippen LogP contribution in [0.3, 0.4) is 0 Å². The van der Waals surface area contributed by atoms with Crippen LogP contribution in [0.25, 0.3) is 0 Å². The quantitative estimate of drug-likeness (QED) is 0.829. The van der Waals surface area contributed by atoms with Gasteiger partial charge in [-0.05, 0) is 37.0 Å². The van der Waals surface area contributed by atoms with Crippen molar-refractivity contribution in [2.75, 3.05) is 7.11 Å². The first-order chi connectivity index (χ1) is 11.5. The molecule has 4 nitrogen and oxygen atoms in total. The molecular formula is C20H23NO3. The summed E-state index contributed by atoms with van der Waals surface area (Å²) >= 11 is 0. The van der Waals surface area contributed by atoms with Crippen molar-refractivity contribution in [2.24, 2.45) is 0 Å². The number of aryl methyl sites for hydroxylation is 3. The molecule has 1 N–H and O–H groups in total. The van der Waals surface area contributed by atoms with Crippen LogP contribution in [-0.4, -0.2) is 19.0 Å². The van der Waals surface area contributed by atoms with Crippen molar-refractivity contribution in [3.05, 3.63) is 70.8 Å². The number of methoxy groups -OCH3 is 1. The van der Waals surface area contributed by atoms with Crippen LogP contribution in [0.1, 0.15) is 34.7 Å². The normalized spacial score (nSPS) is 11.6. The summed E-state index contributed by atoms with van der Waals surface area (Å²) in [6.07, 6.45) is 0.963. The standard InChI is InChI=1S/C20H23NO3/c1-14-9-10-16(15(2)13-14)11-12-18(22)21-19(20(23)24-3)17-7-5-4-6-8-17/h4-10,13,19H,11-12H2,1-3H3,(H,21,22). The summed E-state index contributed by atoms with van der Waals surface area (Å²) in [7, 11) is 1.32. The van der Waals surface area contributed by atoms with E-state index in [1.54, 1.807) is 12.1 Å². The largest absolute Gasteiger partial charge is 0.467 e. The first-order valence-corrected chi connectivity index (χ1v) is 7.99. The van der Waals surface area contributed by atoms with Crippen LogP contribution in [0.15, 0.2) is 48.5 Å². The molecule has 1 unspecified atom stereocenters. The summed E-state index contributed by atoms with van der Waals surface area (Å²) in [4.78, 5) is 24.3. The van der Waals surface area contributed by atoms with Crippen LogP contribution in [0, 0.1) is 13.8 Å². The van der Waals surface area contributed by atoms with E-state index < -0.39 is 12.0 Å². The zero-order valence-electron chi connectivity index (χ0n) is 14.3. The minimum atomic E-state index is -0.775. The molecule has 4 heteroatoms. The van der Waals surface area contributed by atoms with Crippen LogP contribution in [0.5, 0.6) is 0 Å². The van der Waals surface area contributed by atoms with E-state index in [4.69, 9.17) is 4.74 Å². The molecule has 0 heterocycles. The lowest BCUT2D eigenvalue weighted by Gasteiger charge is -2.17. The predicted octanol–water partition coefficient (Wildman–Crippen LogP) is 3.27. The molecule has 1 atom stereocenters. The van der Waals surface area contributed by atoms with Gasteiger partial charge in [-0.2, -0.15) is 0 Å². The van der Waals surface area contributed by atoms with Crippen LogP contribution in [0.2, 0.25) is 0 Å². The van der Waals surface area contributed by atoms with E-state index in [2.05, 4.69) is 11.4 Å². The van der Waals surface area contributed by atoms with Crippen LogP contribution >= 0.6 is 0 Å². The summed E-state index contributed by atoms with van der Waals surface area (Å²) in [5, 5.41) is 2.77. The van der Waals surface area contributed by atoms with E-state index in [0.29, 0.717) is 18.4 Å². The molecule has 0 aliphatic carbocycles. The minimum absolute atomic E-state index is 0.172. The Morgan fingerprint density at radius 3 is 2.42 bits per heavy atom. The SMILES string of the molecule is COC(=O)C(NC(=O)CCc1ccc(C)cc1C)c1ccccc1. The highest BCUT2D eigenvalue weighted by Crippen LogP contribution is 2.16. The van der Waals surface area contributed by atoms with Gasteiger partial charge in [-0.1, -0.05) is 54.1 Å². The Balaban J connectivity index is 2.01. The number of carbonyl (C=O) groups is 2. The van der Waals surface area contributed by atoms with Crippen molar-refractivity contribution in [3.8, 4) is 0 Å². The molecule has 0 saturated carbocycles. The molecule has 126 valence electrons. The Labute approximate surface area is 142 Å². The number of esters is 1. The number of rotatable bonds is 6. The second-order valence-electron chi connectivity index (χ2n) is 5.86. The molecule has 0 fully saturated rings. The van der Waals surface area contributed by atoms with E-state index in [-0.39, 0.29) is 5.91 Å². The van der Waals surface area contributed by atoms with Crippen LogP contribution < -0.4 is 5.32 Å². The lowest BCUT2D eigenvalue weighted by Crippen LogP contribution is -2.34. The average molecular weight is 325 g/mol. The zero-order valence-corrected chi connectivity index (χ0v) is 14.3. The third kappa shape index (κ3) is 4.69. The fourth-order valence-electron chi connectivity index (χ4n) is 2.65. The third-order valence-electron chi connectivity index (χ3n) is 3.99. The first kappa shape index (κ1) is 17.7. The van der Waals surface area contributed by atoms with Crippen molar-refractivity contribution in [1.29, 1.82) is 0 Å². The van der Waals surface area contributed by atoms with Gasteiger partial charge in [0.1, 0.15) is 0 Å². The van der Waals surface area contributed by atoms with Crippen LogP contribution in [-0.2, 0) is 20.7 Å². The number of nitrogens with one attached hydrogen (secondary N) is 1. The summed E-state index contributed by atoms with van der Waals surface area (Å²) in [6.45, 7) is 4.09. The molecule has 2 aromatic carbocycles. The third-order valence-corrected chi connectivity index (χ3v) is 3.99. The van der Waals surface area contributed by atoms with Gasteiger partial charge in [0.2, 0.25) is 5.91 Å². The van der Waals surface area contributed by atoms with E-state index in [1.807, 2.05) is 44.2 Å². The Morgan fingerprint density at radius 1 is 1.08 bits per heavy atom. The van der Waals surface area contributed by atoms with E-state index in [0.717, 1.165) is 5.56 Å². The molecule has 0 radical (unpaired) electrons. The lowest BCUT2D eigenvalue weighted by atomic mass is 10.0. The average Bonchev–Trinajstić information content (AvgIpc) is 2.59. The number of benzene rings is 2. The summed E-state index contributed by atoms with van der Waals surface area (Å²) in [6, 6.07) is 14.5. The van der Waals surface area contributed by atoms with E-state index >= 15 is 0 Å². The molecule has 0 aliphatic rings. The number of hydrogen-bond donors (Lipinski definition) is 1. The van der Waals surface area contributed by atoms with Gasteiger partial charge in [-0.15, -0.1) is 0 Å². The van der Waals surface area contributed by atoms with E-state index in [1.165, 1.54) is 18.2 Å². The predicted molar refractivity (Wildman–Crippen MR) is 93.6 cm³/mol. The van der Waals surface area contributed by atoms with Gasteiger partial charge in [0, 0.05) is 6.42 Å². The summed E-state index contributed by atoms with van der Waals surface area (Å²) in [5.74, 6) is -0.643. The van der Waals surface area contributed by atoms with Gasteiger partial charge < -0.3 is 10.1 Å². The highest BCUT2D eigenvalue weighted by Gasteiger charge is 2.23. The fraction of sp³-hybridized carbons (Fsp3) is 0.300. The number of amides is 1. The number of carbonyl (C=O) groups excluding carboxylic acids is 2. The van der Waals surface area contributed by atoms with Crippen molar-refractivity contribution in [2.45, 2.75) is 32.7 Å². The van der Waals surface area contributed by atoms with Gasteiger partial charge >= 0.3 is 5.97 Å². The topological polar surface area (TPSA) is 55.4 Å². The highest BCUT2D eigenvalue weighted by molar-refractivity contribution is 5.85. The summed E-state index contributed by atoms with van der Waals surface area (Å²) < 4.78 is 4.81. The first-order valence-electron chi connectivity index (χ1n) is 7.99. The Kier molecular flexibility index (Phi) is 6.13. The molecule has 0 saturated heterocycles. The smallest absolute Gasteiger partial charge is 0.333 e. The van der Waals surface area contributed by atoms with Gasteiger partial charge in [-0.25, -0.2) is 4.79 Å². The maximum atomic E-state index is 12.3. The maximum Gasteiger partial charge on any atom is 0.333 e. The Hall–Kier alpha value is -2.62. The lowest BCUT2D eigenvalue weighted by molar-refractivity contribution is -0.145. The van der Waals surface area contributed by atoms with Crippen molar-refractivity contribution in [3.63, 3.8) is 0 Å². The molecule has 2 rings (SSSR count). The van der Waals surface area contributed by atoms with Gasteiger partial charge in [-0.3, -0.25) is 4.79 Å². The van der Waals surface area contributed by atoms with Crippen molar-refractivity contribution in [1.82, 2.24) is 5.32 Å². The highest BCUT2D eigenvalue weighted by atomic mass is 16.5. The molecule has 2 aromatic rings. The second-order valence-corrected chi connectivity index (χ2v) is 5.86. The molecule has 0 spiro atoms. The molecule has 24 heavy (non-hydrogen) atoms. The summed E-state index contributed by atoms with van der Waals surface area (Å²) in [5.41, 5.74) is 4.24. The van der Waals surface area contributed by atoms with Gasteiger partial charge in [0.05, 0.1) is 7.11 Å². The number of hydrogen-bond acceptors (Lipinski definition) is 3.